The summed E-state index contributed by atoms with van der Waals surface area (Å²) in [4.78, 5) is 21.7. The topological polar surface area (TPSA) is 78.5 Å². The summed E-state index contributed by atoms with van der Waals surface area (Å²) < 4.78 is 28.3. The largest absolute Gasteiger partial charge is 0.550 e. The molecule has 0 aliphatic rings. The van der Waals surface area contributed by atoms with Crippen molar-refractivity contribution in [3.8, 4) is 5.75 Å². The van der Waals surface area contributed by atoms with Crippen LogP contribution in [-0.4, -0.2) is 25.0 Å². The van der Waals surface area contributed by atoms with E-state index in [1.165, 1.54) is 24.3 Å². The van der Waals surface area contributed by atoms with Crippen molar-refractivity contribution in [3.05, 3.63) is 29.8 Å². The molecule has 5 nitrogen and oxygen atoms in total. The Balaban J connectivity index is 2.69. The summed E-state index contributed by atoms with van der Waals surface area (Å²) in [5, 5.41) is 12.4. The highest BCUT2D eigenvalue weighted by molar-refractivity contribution is 5.97. The van der Waals surface area contributed by atoms with E-state index >= 15 is 0 Å². The van der Waals surface area contributed by atoms with E-state index in [4.69, 9.17) is 0 Å². The number of carbonyl (C=O) groups is 2. The van der Waals surface area contributed by atoms with Crippen LogP contribution in [0.25, 0.3) is 0 Å². The third-order valence-corrected chi connectivity index (χ3v) is 1.96. The molecule has 0 unspecified atom stereocenters. The van der Waals surface area contributed by atoms with Crippen LogP contribution in [0.15, 0.2) is 24.3 Å². The molecule has 98 valence electrons. The number of halogens is 2. The second kappa shape index (κ2) is 6.53. The number of amides is 1. The summed E-state index contributed by atoms with van der Waals surface area (Å²) in [5.74, 6) is -2.27. The van der Waals surface area contributed by atoms with Gasteiger partial charge in [0.25, 0.3) is 5.91 Å². The van der Waals surface area contributed by atoms with Crippen LogP contribution >= 0.6 is 0 Å². The number of nitrogens with one attached hydrogen (secondary N) is 1. The molecule has 1 aromatic carbocycles. The van der Waals surface area contributed by atoms with Crippen LogP contribution in [0, 0.1) is 0 Å². The minimum Gasteiger partial charge on any atom is -0.550 e. The number of carboxylic acids is 1. The molecule has 0 saturated carbocycles. The van der Waals surface area contributed by atoms with E-state index in [2.05, 4.69) is 10.1 Å². The zero-order chi connectivity index (χ0) is 13.5. The molecule has 0 spiro atoms. The second-order valence-electron chi connectivity index (χ2n) is 3.25. The van der Waals surface area contributed by atoms with Crippen LogP contribution in [0.4, 0.5) is 8.78 Å². The number of hydrogen-bond donors (Lipinski definition) is 1. The van der Waals surface area contributed by atoms with Gasteiger partial charge < -0.3 is 20.0 Å². The molecule has 0 aliphatic heterocycles. The van der Waals surface area contributed by atoms with E-state index < -0.39 is 18.5 Å². The predicted octanol–water partition coefficient (Wildman–Crippen LogP) is 0.158. The number of para-hydroxylation sites is 1. The molecule has 1 aromatic rings. The summed E-state index contributed by atoms with van der Waals surface area (Å²) in [6.07, 6.45) is -0.358. The molecule has 0 aromatic heterocycles. The molecule has 0 fully saturated rings. The van der Waals surface area contributed by atoms with Crippen LogP contribution in [0.5, 0.6) is 5.75 Å². The van der Waals surface area contributed by atoms with Gasteiger partial charge in [-0.1, -0.05) is 12.1 Å². The zero-order valence-corrected chi connectivity index (χ0v) is 9.19. The summed E-state index contributed by atoms with van der Waals surface area (Å²) in [5.41, 5.74) is -0.0869. The minimum atomic E-state index is -3.04. The first-order chi connectivity index (χ1) is 8.50. The summed E-state index contributed by atoms with van der Waals surface area (Å²) in [7, 11) is 0. The number of alkyl halides is 2. The number of rotatable bonds is 6. The van der Waals surface area contributed by atoms with Crippen LogP contribution in [-0.2, 0) is 4.79 Å². The van der Waals surface area contributed by atoms with Gasteiger partial charge in [0.2, 0.25) is 0 Å². The van der Waals surface area contributed by atoms with Gasteiger partial charge in [-0.3, -0.25) is 4.79 Å². The lowest BCUT2D eigenvalue weighted by atomic mass is 10.2. The van der Waals surface area contributed by atoms with Crippen molar-refractivity contribution in [1.29, 1.82) is 0 Å². The number of carbonyl (C=O) groups excluding carboxylic acids is 2. The van der Waals surface area contributed by atoms with E-state index in [9.17, 15) is 23.5 Å². The van der Waals surface area contributed by atoms with Gasteiger partial charge in [0, 0.05) is 18.9 Å². The van der Waals surface area contributed by atoms with E-state index in [0.29, 0.717) is 0 Å². The Morgan fingerprint density at radius 2 is 2.00 bits per heavy atom. The average Bonchev–Trinajstić information content (AvgIpc) is 2.28. The zero-order valence-electron chi connectivity index (χ0n) is 9.19. The van der Waals surface area contributed by atoms with Crippen LogP contribution in [0.1, 0.15) is 16.8 Å². The normalized spacial score (nSPS) is 10.2. The number of benzene rings is 1. The number of aliphatic carboxylic acids is 1. The number of carboxylic acid groups (broad SMARTS) is 1. The Hall–Kier alpha value is -2.18. The van der Waals surface area contributed by atoms with Crippen molar-refractivity contribution < 1.29 is 28.2 Å². The molecule has 1 N–H and O–H groups in total. The first-order valence-corrected chi connectivity index (χ1v) is 5.02. The standard InChI is InChI=1S/C11H11F2NO4/c12-11(13)18-8-4-2-1-3-7(8)10(17)14-6-5-9(15)16/h1-4,11H,5-6H2,(H,14,17)(H,15,16)/p-1. The highest BCUT2D eigenvalue weighted by Gasteiger charge is 2.14. The van der Waals surface area contributed by atoms with Gasteiger partial charge in [0.05, 0.1) is 5.56 Å². The van der Waals surface area contributed by atoms with E-state index in [0.717, 1.165) is 0 Å². The fraction of sp³-hybridized carbons (Fsp3) is 0.273. The second-order valence-corrected chi connectivity index (χ2v) is 3.25. The number of ether oxygens (including phenoxy) is 1. The average molecular weight is 258 g/mol. The lowest BCUT2D eigenvalue weighted by Gasteiger charge is -2.10. The van der Waals surface area contributed by atoms with E-state index in [1.54, 1.807) is 0 Å². The van der Waals surface area contributed by atoms with Gasteiger partial charge in [0.15, 0.2) is 0 Å². The first-order valence-electron chi connectivity index (χ1n) is 5.02. The van der Waals surface area contributed by atoms with Crippen molar-refractivity contribution in [2.75, 3.05) is 6.54 Å². The molecular formula is C11H10F2NO4-. The van der Waals surface area contributed by atoms with Crippen LogP contribution in [0.3, 0.4) is 0 Å². The molecule has 1 rings (SSSR count). The molecule has 0 saturated heterocycles. The van der Waals surface area contributed by atoms with Crippen molar-refractivity contribution >= 4 is 11.9 Å². The Morgan fingerprint density at radius 3 is 2.61 bits per heavy atom. The smallest absolute Gasteiger partial charge is 0.387 e. The lowest BCUT2D eigenvalue weighted by Crippen LogP contribution is -2.31. The van der Waals surface area contributed by atoms with E-state index in [1.807, 2.05) is 0 Å². The third kappa shape index (κ3) is 4.36. The lowest BCUT2D eigenvalue weighted by molar-refractivity contribution is -0.305. The molecule has 1 amide bonds. The molecular weight excluding hydrogens is 248 g/mol. The van der Waals surface area contributed by atoms with Crippen LogP contribution in [0.2, 0.25) is 0 Å². The highest BCUT2D eigenvalue weighted by Crippen LogP contribution is 2.19. The van der Waals surface area contributed by atoms with Crippen molar-refractivity contribution in [3.63, 3.8) is 0 Å². The summed E-state index contributed by atoms with van der Waals surface area (Å²) in [6, 6.07) is 5.44. The molecule has 18 heavy (non-hydrogen) atoms. The minimum absolute atomic E-state index is 0.0869. The molecule has 0 radical (unpaired) electrons. The Bertz CT molecular complexity index is 437. The van der Waals surface area contributed by atoms with Gasteiger partial charge in [-0.25, -0.2) is 0 Å². The molecule has 0 bridgehead atoms. The van der Waals surface area contributed by atoms with Crippen molar-refractivity contribution in [1.82, 2.24) is 5.32 Å². The molecule has 7 heteroatoms. The maximum Gasteiger partial charge on any atom is 0.387 e. The monoisotopic (exact) mass is 258 g/mol. The Kier molecular flexibility index (Phi) is 5.04. The molecule has 0 heterocycles. The van der Waals surface area contributed by atoms with Gasteiger partial charge in [-0.15, -0.1) is 0 Å². The fourth-order valence-electron chi connectivity index (χ4n) is 1.23. The van der Waals surface area contributed by atoms with Gasteiger partial charge >= 0.3 is 6.61 Å². The molecule has 0 atom stereocenters. The Morgan fingerprint density at radius 1 is 1.33 bits per heavy atom. The highest BCUT2D eigenvalue weighted by atomic mass is 19.3. The predicted molar refractivity (Wildman–Crippen MR) is 55.0 cm³/mol. The van der Waals surface area contributed by atoms with Gasteiger partial charge in [-0.05, 0) is 12.1 Å². The van der Waals surface area contributed by atoms with Crippen molar-refractivity contribution in [2.24, 2.45) is 0 Å². The Labute approximate surface area is 101 Å². The maximum absolute atomic E-state index is 12.1. The quantitative estimate of drug-likeness (QED) is 0.788. The van der Waals surface area contributed by atoms with Gasteiger partial charge in [0.1, 0.15) is 5.75 Å². The van der Waals surface area contributed by atoms with Gasteiger partial charge in [-0.2, -0.15) is 8.78 Å². The fourth-order valence-corrected chi connectivity index (χ4v) is 1.23. The molecule has 0 aliphatic carbocycles. The van der Waals surface area contributed by atoms with Crippen molar-refractivity contribution in [2.45, 2.75) is 13.0 Å². The number of hydrogen-bond acceptors (Lipinski definition) is 4. The first kappa shape index (κ1) is 13.9. The summed E-state index contributed by atoms with van der Waals surface area (Å²) in [6.45, 7) is -3.19. The van der Waals surface area contributed by atoms with E-state index in [-0.39, 0.29) is 24.3 Å². The maximum atomic E-state index is 12.1. The SMILES string of the molecule is O=C([O-])CCNC(=O)c1ccccc1OC(F)F. The summed E-state index contributed by atoms with van der Waals surface area (Å²) >= 11 is 0. The van der Waals surface area contributed by atoms with Crippen LogP contribution < -0.4 is 15.2 Å². The third-order valence-electron chi connectivity index (χ3n) is 1.96.